The van der Waals surface area contributed by atoms with Crippen molar-refractivity contribution in [3.8, 4) is 11.5 Å². The molecule has 1 saturated heterocycles. The van der Waals surface area contributed by atoms with Crippen molar-refractivity contribution in [1.29, 1.82) is 0 Å². The van der Waals surface area contributed by atoms with Gasteiger partial charge in [0.15, 0.2) is 0 Å². The standard InChI is InChI=1S/C22H28N2O5S/c1-23(15-17-7-4-5-9-21(17)29-3)22(25)18-8-6-14-24(16-18)30(26,27)20-12-10-19(28-2)11-13-20/h4-5,7,9-13,18H,6,8,14-16H2,1-3H3. The molecule has 1 heterocycles. The molecule has 0 aromatic heterocycles. The number of nitrogens with zero attached hydrogens (tertiary/aromatic N) is 2. The molecular formula is C22H28N2O5S. The lowest BCUT2D eigenvalue weighted by molar-refractivity contribution is -0.135. The Hall–Kier alpha value is -2.58. The third-order valence-corrected chi connectivity index (χ3v) is 7.29. The summed E-state index contributed by atoms with van der Waals surface area (Å²) in [5, 5.41) is 0. The first-order valence-corrected chi connectivity index (χ1v) is 11.3. The number of amides is 1. The van der Waals surface area contributed by atoms with Crippen LogP contribution >= 0.6 is 0 Å². The third-order valence-electron chi connectivity index (χ3n) is 5.41. The molecule has 1 amide bonds. The first kappa shape index (κ1) is 22.1. The van der Waals surface area contributed by atoms with E-state index in [1.165, 1.54) is 23.5 Å². The van der Waals surface area contributed by atoms with Gasteiger partial charge in [0.25, 0.3) is 0 Å². The van der Waals surface area contributed by atoms with Gasteiger partial charge in [-0.1, -0.05) is 18.2 Å². The third kappa shape index (κ3) is 4.76. The van der Waals surface area contributed by atoms with Crippen LogP contribution in [0.3, 0.4) is 0 Å². The number of piperidine rings is 1. The van der Waals surface area contributed by atoms with Gasteiger partial charge in [-0.25, -0.2) is 8.42 Å². The zero-order chi connectivity index (χ0) is 21.7. The van der Waals surface area contributed by atoms with E-state index in [2.05, 4.69) is 0 Å². The van der Waals surface area contributed by atoms with Crippen molar-refractivity contribution < 1.29 is 22.7 Å². The summed E-state index contributed by atoms with van der Waals surface area (Å²) in [5.41, 5.74) is 0.911. The van der Waals surface area contributed by atoms with E-state index in [4.69, 9.17) is 9.47 Å². The molecule has 3 rings (SSSR count). The van der Waals surface area contributed by atoms with Crippen molar-refractivity contribution in [2.24, 2.45) is 5.92 Å². The summed E-state index contributed by atoms with van der Waals surface area (Å²) in [6.07, 6.45) is 1.32. The number of methoxy groups -OCH3 is 2. The summed E-state index contributed by atoms with van der Waals surface area (Å²) in [7, 11) is 1.21. The van der Waals surface area contributed by atoms with E-state index in [1.54, 1.807) is 31.2 Å². The van der Waals surface area contributed by atoms with Crippen molar-refractivity contribution >= 4 is 15.9 Å². The molecule has 162 valence electrons. The minimum atomic E-state index is -3.66. The van der Waals surface area contributed by atoms with Gasteiger partial charge in [-0.2, -0.15) is 4.31 Å². The van der Waals surface area contributed by atoms with Crippen LogP contribution in [-0.4, -0.2) is 57.9 Å². The summed E-state index contributed by atoms with van der Waals surface area (Å²) in [6.45, 7) is 1.00. The molecule has 1 atom stereocenters. The molecule has 0 saturated carbocycles. The fraction of sp³-hybridized carbons (Fsp3) is 0.409. The number of para-hydroxylation sites is 1. The molecule has 8 heteroatoms. The van der Waals surface area contributed by atoms with Crippen LogP contribution in [0.1, 0.15) is 18.4 Å². The molecule has 0 N–H and O–H groups in total. The van der Waals surface area contributed by atoms with Crippen molar-refractivity contribution in [3.63, 3.8) is 0 Å². The van der Waals surface area contributed by atoms with Gasteiger partial charge in [-0.05, 0) is 43.2 Å². The van der Waals surface area contributed by atoms with E-state index in [-0.39, 0.29) is 23.3 Å². The van der Waals surface area contributed by atoms with Crippen LogP contribution in [-0.2, 0) is 21.4 Å². The highest BCUT2D eigenvalue weighted by atomic mass is 32.2. The van der Waals surface area contributed by atoms with Crippen molar-refractivity contribution in [2.45, 2.75) is 24.3 Å². The molecule has 1 aliphatic rings. The molecule has 0 radical (unpaired) electrons. The first-order chi connectivity index (χ1) is 14.4. The number of carbonyl (C=O) groups excluding carboxylic acids is 1. The average molecular weight is 433 g/mol. The second-order valence-electron chi connectivity index (χ2n) is 7.38. The molecule has 2 aromatic rings. The monoisotopic (exact) mass is 432 g/mol. The Bertz CT molecular complexity index is 975. The maximum absolute atomic E-state index is 13.0. The Balaban J connectivity index is 1.70. The van der Waals surface area contributed by atoms with Crippen LogP contribution in [0.15, 0.2) is 53.4 Å². The van der Waals surface area contributed by atoms with E-state index in [1.807, 2.05) is 24.3 Å². The highest BCUT2D eigenvalue weighted by Crippen LogP contribution is 2.27. The second kappa shape index (κ2) is 9.49. The SMILES string of the molecule is COc1ccc(S(=O)(=O)N2CCCC(C(=O)N(C)Cc3ccccc3OC)C2)cc1. The van der Waals surface area contributed by atoms with Gasteiger partial charge >= 0.3 is 0 Å². The Morgan fingerprint density at radius 2 is 1.80 bits per heavy atom. The lowest BCUT2D eigenvalue weighted by atomic mass is 9.98. The van der Waals surface area contributed by atoms with Gasteiger partial charge in [0.2, 0.25) is 15.9 Å². The molecule has 0 spiro atoms. The summed E-state index contributed by atoms with van der Waals surface area (Å²) in [5.74, 6) is 0.894. The van der Waals surface area contributed by atoms with Crippen LogP contribution in [0.4, 0.5) is 0 Å². The molecule has 7 nitrogen and oxygen atoms in total. The van der Waals surface area contributed by atoms with Crippen LogP contribution in [0, 0.1) is 5.92 Å². The summed E-state index contributed by atoms with van der Waals surface area (Å²) in [4.78, 5) is 14.9. The maximum Gasteiger partial charge on any atom is 0.243 e. The van der Waals surface area contributed by atoms with Crippen LogP contribution in [0.2, 0.25) is 0 Å². The summed E-state index contributed by atoms with van der Waals surface area (Å²) >= 11 is 0. The molecule has 0 aliphatic carbocycles. The number of carbonyl (C=O) groups is 1. The zero-order valence-corrected chi connectivity index (χ0v) is 18.4. The number of hydrogen-bond donors (Lipinski definition) is 0. The molecule has 1 unspecified atom stereocenters. The maximum atomic E-state index is 13.0. The Labute approximate surface area is 178 Å². The number of benzene rings is 2. The van der Waals surface area contributed by atoms with Gasteiger partial charge in [0, 0.05) is 32.2 Å². The molecule has 30 heavy (non-hydrogen) atoms. The van der Waals surface area contributed by atoms with Gasteiger partial charge in [-0.3, -0.25) is 4.79 Å². The molecular weight excluding hydrogens is 404 g/mol. The summed E-state index contributed by atoms with van der Waals surface area (Å²) in [6, 6.07) is 13.9. The summed E-state index contributed by atoms with van der Waals surface area (Å²) < 4.78 is 38.0. The lowest BCUT2D eigenvalue weighted by Crippen LogP contribution is -2.45. The highest BCUT2D eigenvalue weighted by Gasteiger charge is 2.34. The van der Waals surface area contributed by atoms with E-state index in [9.17, 15) is 13.2 Å². The van der Waals surface area contributed by atoms with Crippen LogP contribution < -0.4 is 9.47 Å². The van der Waals surface area contributed by atoms with E-state index in [0.717, 1.165) is 11.3 Å². The molecule has 0 bridgehead atoms. The topological polar surface area (TPSA) is 76.2 Å². The fourth-order valence-corrected chi connectivity index (χ4v) is 5.26. The van der Waals surface area contributed by atoms with Crippen molar-refractivity contribution in [1.82, 2.24) is 9.21 Å². The van der Waals surface area contributed by atoms with Crippen LogP contribution in [0.25, 0.3) is 0 Å². The normalized spacial score (nSPS) is 17.4. The Morgan fingerprint density at radius 1 is 1.10 bits per heavy atom. The van der Waals surface area contributed by atoms with Crippen molar-refractivity contribution in [3.05, 3.63) is 54.1 Å². The van der Waals surface area contributed by atoms with Gasteiger partial charge in [0.05, 0.1) is 25.0 Å². The van der Waals surface area contributed by atoms with E-state index in [0.29, 0.717) is 31.7 Å². The highest BCUT2D eigenvalue weighted by molar-refractivity contribution is 7.89. The van der Waals surface area contributed by atoms with Gasteiger partial charge in [-0.15, -0.1) is 0 Å². The predicted octanol–water partition coefficient (Wildman–Crippen LogP) is 2.76. The minimum Gasteiger partial charge on any atom is -0.497 e. The van der Waals surface area contributed by atoms with Gasteiger partial charge < -0.3 is 14.4 Å². The second-order valence-corrected chi connectivity index (χ2v) is 9.32. The quantitative estimate of drug-likeness (QED) is 0.673. The number of rotatable bonds is 7. The first-order valence-electron chi connectivity index (χ1n) is 9.88. The molecule has 1 aliphatic heterocycles. The van der Waals surface area contributed by atoms with Crippen LogP contribution in [0.5, 0.6) is 11.5 Å². The minimum absolute atomic E-state index is 0.0597. The van der Waals surface area contributed by atoms with Gasteiger partial charge in [0.1, 0.15) is 11.5 Å². The largest absolute Gasteiger partial charge is 0.497 e. The predicted molar refractivity (Wildman–Crippen MR) is 114 cm³/mol. The van der Waals surface area contributed by atoms with E-state index < -0.39 is 10.0 Å². The van der Waals surface area contributed by atoms with E-state index >= 15 is 0 Å². The zero-order valence-electron chi connectivity index (χ0n) is 17.6. The Morgan fingerprint density at radius 3 is 2.47 bits per heavy atom. The molecule has 2 aromatic carbocycles. The lowest BCUT2D eigenvalue weighted by Gasteiger charge is -2.33. The number of sulfonamides is 1. The average Bonchev–Trinajstić information content (AvgIpc) is 2.79. The fourth-order valence-electron chi connectivity index (χ4n) is 3.74. The Kier molecular flexibility index (Phi) is 6.99. The smallest absolute Gasteiger partial charge is 0.243 e. The molecule has 1 fully saturated rings. The number of hydrogen-bond acceptors (Lipinski definition) is 5. The van der Waals surface area contributed by atoms with Crippen molar-refractivity contribution in [2.75, 3.05) is 34.4 Å². The number of ether oxygens (including phenoxy) is 2.